The molecule has 1 amide bonds. The SMILES string of the molecule is C=Cc1noc(=O)c2ccc(NC(=O)[C@H](c3ccc(C4(C)OCC(C)(C)CO4)cc3)C(O)Cc3ccc(C)cc3)cc12. The third-order valence-corrected chi connectivity index (χ3v) is 7.71. The summed E-state index contributed by atoms with van der Waals surface area (Å²) in [5.41, 5.74) is 3.68. The molecule has 2 N–H and O–H groups in total. The average Bonchev–Trinajstić information content (AvgIpc) is 2.97. The van der Waals surface area contributed by atoms with Gasteiger partial charge < -0.3 is 24.4 Å². The molecule has 8 nitrogen and oxygen atoms in total. The third-order valence-electron chi connectivity index (χ3n) is 7.71. The molecule has 0 radical (unpaired) electrons. The molecule has 0 spiro atoms. The first kappa shape index (κ1) is 29.4. The minimum atomic E-state index is -1.02. The Kier molecular flexibility index (Phi) is 8.14. The number of aromatic nitrogens is 1. The molecule has 4 aromatic rings. The maximum absolute atomic E-state index is 13.8. The molecule has 1 fully saturated rings. The number of rotatable bonds is 8. The van der Waals surface area contributed by atoms with Crippen LogP contribution in [0.4, 0.5) is 5.69 Å². The lowest BCUT2D eigenvalue weighted by Gasteiger charge is -2.41. The normalized spacial score (nSPS) is 17.4. The van der Waals surface area contributed by atoms with Gasteiger partial charge in [0.05, 0.1) is 30.6 Å². The van der Waals surface area contributed by atoms with Crippen LogP contribution in [0, 0.1) is 12.3 Å². The molecule has 1 unspecified atom stereocenters. The van der Waals surface area contributed by atoms with Crippen LogP contribution in [0.1, 0.15) is 54.6 Å². The van der Waals surface area contributed by atoms with E-state index in [1.807, 2.05) is 62.4 Å². The van der Waals surface area contributed by atoms with Gasteiger partial charge >= 0.3 is 5.63 Å². The molecule has 0 aliphatic carbocycles. The molecule has 0 saturated carbocycles. The fourth-order valence-corrected chi connectivity index (χ4v) is 5.11. The molecule has 1 aliphatic rings. The molecule has 0 bridgehead atoms. The van der Waals surface area contributed by atoms with E-state index >= 15 is 0 Å². The van der Waals surface area contributed by atoms with Crippen molar-refractivity contribution < 1.29 is 23.9 Å². The molecule has 2 atom stereocenters. The van der Waals surface area contributed by atoms with Crippen LogP contribution in [0.3, 0.4) is 0 Å². The van der Waals surface area contributed by atoms with Crippen molar-refractivity contribution in [2.24, 2.45) is 5.41 Å². The van der Waals surface area contributed by atoms with E-state index in [0.717, 1.165) is 16.7 Å². The first-order valence-corrected chi connectivity index (χ1v) is 14.0. The van der Waals surface area contributed by atoms with Gasteiger partial charge in [0.25, 0.3) is 0 Å². The lowest BCUT2D eigenvalue weighted by atomic mass is 9.87. The second kappa shape index (κ2) is 11.6. The average molecular weight is 569 g/mol. The first-order chi connectivity index (χ1) is 20.0. The van der Waals surface area contributed by atoms with Gasteiger partial charge in [0.2, 0.25) is 5.91 Å². The molecule has 1 aromatic heterocycles. The molecule has 1 aliphatic heterocycles. The number of nitrogens with one attached hydrogen (secondary N) is 1. The number of hydrogen-bond donors (Lipinski definition) is 2. The van der Waals surface area contributed by atoms with Crippen LogP contribution in [0.15, 0.2) is 82.6 Å². The quantitative estimate of drug-likeness (QED) is 0.280. The third kappa shape index (κ3) is 6.21. The summed E-state index contributed by atoms with van der Waals surface area (Å²) in [7, 11) is 0. The van der Waals surface area contributed by atoms with Crippen LogP contribution in [-0.2, 0) is 26.5 Å². The molecule has 1 saturated heterocycles. The topological polar surface area (TPSA) is 111 Å². The highest BCUT2D eigenvalue weighted by atomic mass is 16.7. The van der Waals surface area contributed by atoms with Crippen molar-refractivity contribution in [3.8, 4) is 0 Å². The molecule has 218 valence electrons. The van der Waals surface area contributed by atoms with Crippen molar-refractivity contribution in [2.45, 2.75) is 51.9 Å². The molecular weight excluding hydrogens is 532 g/mol. The molecule has 5 rings (SSSR count). The van der Waals surface area contributed by atoms with E-state index in [-0.39, 0.29) is 11.8 Å². The lowest BCUT2D eigenvalue weighted by molar-refractivity contribution is -0.298. The lowest BCUT2D eigenvalue weighted by Crippen LogP contribution is -2.43. The zero-order chi connectivity index (χ0) is 30.1. The molecule has 3 aromatic carbocycles. The fourth-order valence-electron chi connectivity index (χ4n) is 5.11. The van der Waals surface area contributed by atoms with Crippen LogP contribution >= 0.6 is 0 Å². The van der Waals surface area contributed by atoms with Gasteiger partial charge in [-0.3, -0.25) is 4.79 Å². The number of carbonyl (C=O) groups is 1. The molecule has 8 heteroatoms. The minimum absolute atomic E-state index is 0.0714. The monoisotopic (exact) mass is 568 g/mol. The highest BCUT2D eigenvalue weighted by molar-refractivity contribution is 5.99. The zero-order valence-corrected chi connectivity index (χ0v) is 24.3. The summed E-state index contributed by atoms with van der Waals surface area (Å²) in [6.07, 6.45) is 0.742. The molecule has 42 heavy (non-hydrogen) atoms. The van der Waals surface area contributed by atoms with E-state index in [1.165, 1.54) is 6.08 Å². The van der Waals surface area contributed by atoms with E-state index in [9.17, 15) is 14.7 Å². The number of hydrogen-bond acceptors (Lipinski definition) is 7. The van der Waals surface area contributed by atoms with Crippen molar-refractivity contribution in [1.82, 2.24) is 5.16 Å². The van der Waals surface area contributed by atoms with Crippen molar-refractivity contribution >= 4 is 28.4 Å². The van der Waals surface area contributed by atoms with Crippen LogP contribution < -0.4 is 10.9 Å². The summed E-state index contributed by atoms with van der Waals surface area (Å²) in [5, 5.41) is 19.0. The number of aliphatic hydroxyl groups excluding tert-OH is 1. The van der Waals surface area contributed by atoms with Crippen LogP contribution in [0.2, 0.25) is 0 Å². The zero-order valence-electron chi connectivity index (χ0n) is 24.3. The summed E-state index contributed by atoms with van der Waals surface area (Å²) < 4.78 is 17.0. The Morgan fingerprint density at radius 2 is 1.69 bits per heavy atom. The summed E-state index contributed by atoms with van der Waals surface area (Å²) >= 11 is 0. The van der Waals surface area contributed by atoms with Gasteiger partial charge in [-0.05, 0) is 55.7 Å². The number of amides is 1. The number of nitrogens with zero attached hydrogens (tertiary/aromatic N) is 1. The van der Waals surface area contributed by atoms with Crippen molar-refractivity contribution in [3.05, 3.63) is 112 Å². The van der Waals surface area contributed by atoms with E-state index < -0.39 is 29.3 Å². The van der Waals surface area contributed by atoms with Gasteiger partial charge in [-0.15, -0.1) is 0 Å². The Hall–Kier alpha value is -4.11. The Balaban J connectivity index is 1.45. The second-order valence-corrected chi connectivity index (χ2v) is 11.9. The maximum Gasteiger partial charge on any atom is 0.366 e. The maximum atomic E-state index is 13.8. The Morgan fingerprint density at radius 1 is 1.02 bits per heavy atom. The Bertz CT molecular complexity index is 1650. The Labute approximate surface area is 245 Å². The van der Waals surface area contributed by atoms with E-state index in [1.54, 1.807) is 18.2 Å². The first-order valence-electron chi connectivity index (χ1n) is 14.0. The summed E-state index contributed by atoms with van der Waals surface area (Å²) in [4.78, 5) is 26.0. The van der Waals surface area contributed by atoms with Crippen LogP contribution in [0.25, 0.3) is 16.8 Å². The van der Waals surface area contributed by atoms with Crippen molar-refractivity contribution in [2.75, 3.05) is 18.5 Å². The van der Waals surface area contributed by atoms with Crippen LogP contribution in [0.5, 0.6) is 0 Å². The second-order valence-electron chi connectivity index (χ2n) is 11.9. The highest BCUT2D eigenvalue weighted by Gasteiger charge is 2.38. The number of aryl methyl sites for hydroxylation is 1. The largest absolute Gasteiger partial charge is 0.392 e. The van der Waals surface area contributed by atoms with Gasteiger partial charge in [0, 0.05) is 22.1 Å². The smallest absolute Gasteiger partial charge is 0.366 e. The standard InChI is InChI=1S/C34H36N2O6/c1-6-28-27-18-25(15-16-26(27)32(39)42-36-28)35-31(38)30(29(37)17-22-9-7-21(2)8-10-22)23-11-13-24(14-12-23)34(5)40-19-33(3,4)20-41-34/h6-16,18,29-30,37H,1,17,19-20H2,2-5H3,(H,35,38)/t29?,30-/m1/s1. The number of carbonyl (C=O) groups excluding carboxylic acids is 1. The van der Waals surface area contributed by atoms with Gasteiger partial charge in [0.1, 0.15) is 5.69 Å². The van der Waals surface area contributed by atoms with Gasteiger partial charge in [-0.25, -0.2) is 4.79 Å². The predicted octanol–water partition coefficient (Wildman–Crippen LogP) is 5.71. The number of aliphatic hydroxyl groups is 1. The number of fused-ring (bicyclic) bond motifs is 1. The predicted molar refractivity (Wildman–Crippen MR) is 162 cm³/mol. The van der Waals surface area contributed by atoms with Gasteiger partial charge in [-0.2, -0.15) is 0 Å². The number of benzene rings is 3. The summed E-state index contributed by atoms with van der Waals surface area (Å²) in [6, 6.07) is 20.1. The highest BCUT2D eigenvalue weighted by Crippen LogP contribution is 2.37. The summed E-state index contributed by atoms with van der Waals surface area (Å²) in [5.74, 6) is -2.19. The Morgan fingerprint density at radius 3 is 2.33 bits per heavy atom. The van der Waals surface area contributed by atoms with Crippen molar-refractivity contribution in [1.29, 1.82) is 0 Å². The minimum Gasteiger partial charge on any atom is -0.392 e. The van der Waals surface area contributed by atoms with Crippen LogP contribution in [-0.4, -0.2) is 35.5 Å². The van der Waals surface area contributed by atoms with Gasteiger partial charge in [-0.1, -0.05) is 79.7 Å². The van der Waals surface area contributed by atoms with E-state index in [4.69, 9.17) is 14.0 Å². The molecule has 2 heterocycles. The molecular formula is C34H36N2O6. The van der Waals surface area contributed by atoms with E-state index in [0.29, 0.717) is 40.9 Å². The van der Waals surface area contributed by atoms with Gasteiger partial charge in [0.15, 0.2) is 5.79 Å². The van der Waals surface area contributed by atoms with E-state index in [2.05, 4.69) is 30.9 Å². The van der Waals surface area contributed by atoms with Crippen molar-refractivity contribution in [3.63, 3.8) is 0 Å². The number of anilines is 1. The summed E-state index contributed by atoms with van der Waals surface area (Å²) in [6.45, 7) is 12.9. The fraction of sp³-hybridized carbons (Fsp3) is 0.324. The number of ether oxygens (including phenoxy) is 2.